The molecule has 36 heavy (non-hydrogen) atoms. The molecule has 0 spiro atoms. The third-order valence-electron chi connectivity index (χ3n) is 4.84. The number of aromatic nitrogens is 1. The van der Waals surface area contributed by atoms with Gasteiger partial charge in [0, 0.05) is 63.5 Å². The number of nitrogens with zero attached hydrogens (tertiary/aromatic N) is 3. The predicted molar refractivity (Wildman–Crippen MR) is 154 cm³/mol. The van der Waals surface area contributed by atoms with Gasteiger partial charge in [-0.2, -0.15) is 13.3 Å². The minimum atomic E-state index is 0. The molecular weight excluding hydrogens is 816 g/mol. The minimum absolute atomic E-state index is 0. The van der Waals surface area contributed by atoms with Crippen LogP contribution in [-0.2, 0) is 20.9 Å². The Bertz CT molecular complexity index is 950. The van der Waals surface area contributed by atoms with Gasteiger partial charge in [-0.25, -0.2) is 0 Å². The summed E-state index contributed by atoms with van der Waals surface area (Å²) in [6.45, 7) is 9.76. The number of rotatable bonds is 4. The van der Waals surface area contributed by atoms with Crippen LogP contribution in [0, 0.1) is 52.9 Å². The van der Waals surface area contributed by atoms with Crippen LogP contribution >= 0.6 is 31.9 Å². The van der Waals surface area contributed by atoms with Gasteiger partial charge in [0.15, 0.2) is 0 Å². The summed E-state index contributed by atoms with van der Waals surface area (Å²) in [5.74, 6) is 0. The topological polar surface area (TPSA) is 75.0 Å². The predicted octanol–water partition coefficient (Wildman–Crippen LogP) is 5.14. The summed E-state index contributed by atoms with van der Waals surface area (Å²) in [6.07, 6.45) is 1.88. The molecule has 10 heteroatoms. The summed E-state index contributed by atoms with van der Waals surface area (Å²) in [4.78, 5) is 22.9. The summed E-state index contributed by atoms with van der Waals surface area (Å²) >= 11 is 7.03. The number of fused-ring (bicyclic) bond motifs is 3. The van der Waals surface area contributed by atoms with Crippen LogP contribution in [0.4, 0.5) is 0 Å². The molecule has 1 saturated heterocycles. The fourth-order valence-corrected chi connectivity index (χ4v) is 4.01. The molecule has 1 N–H and O–H groups in total. The summed E-state index contributed by atoms with van der Waals surface area (Å²) in [6, 6.07) is 12.5. The Morgan fingerprint density at radius 1 is 1.00 bits per heavy atom. The summed E-state index contributed by atoms with van der Waals surface area (Å²) in [7, 11) is 3.37. The van der Waals surface area contributed by atoms with E-state index in [1.165, 1.54) is 17.9 Å². The summed E-state index contributed by atoms with van der Waals surface area (Å²) in [5, 5.41) is 11.6. The molecule has 1 fully saturated rings. The molecule has 3 aromatic rings. The molecule has 0 bridgehead atoms. The van der Waals surface area contributed by atoms with Gasteiger partial charge >= 0.3 is 31.1 Å². The molecule has 7 nitrogen and oxygen atoms in total. The minimum Gasteiger partial charge on any atom is -0.520 e. The third kappa shape index (κ3) is 12.1. The number of piperazine rings is 1. The van der Waals surface area contributed by atoms with Gasteiger partial charge in [-0.1, -0.05) is 31.9 Å². The second kappa shape index (κ2) is 22.1. The number of methoxy groups -OCH3 is 1. The second-order valence-electron chi connectivity index (χ2n) is 6.91. The van der Waals surface area contributed by atoms with E-state index in [0.717, 1.165) is 46.2 Å². The van der Waals surface area contributed by atoms with Gasteiger partial charge in [0.2, 0.25) is 0 Å². The first-order valence-electron chi connectivity index (χ1n) is 10.4. The maximum absolute atomic E-state index is 10.0. The van der Waals surface area contributed by atoms with Gasteiger partial charge in [-0.3, -0.25) is 4.79 Å². The zero-order chi connectivity index (χ0) is 24.8. The SMILES string of the molecule is CN1CCN([C-]=O)CC1.COC=O.OCCn1c2ccc(Br)cc2c2cc(Br)ccc21.[CH2-]C.[CH3-].[CH3-].[U+4]. The molecule has 4 rings (SSSR count). The molecule has 0 saturated carbocycles. The molecule has 0 aliphatic carbocycles. The Morgan fingerprint density at radius 3 is 1.75 bits per heavy atom. The van der Waals surface area contributed by atoms with Gasteiger partial charge in [0.05, 0.1) is 13.7 Å². The zero-order valence-electron chi connectivity index (χ0n) is 21.8. The second-order valence-corrected chi connectivity index (χ2v) is 8.74. The number of carbonyl (C=O) groups is 1. The van der Waals surface area contributed by atoms with Crippen LogP contribution in [0.25, 0.3) is 21.8 Å². The Labute approximate surface area is 257 Å². The van der Waals surface area contributed by atoms with Crippen LogP contribution in [0.1, 0.15) is 6.92 Å². The van der Waals surface area contributed by atoms with E-state index in [9.17, 15) is 9.90 Å². The van der Waals surface area contributed by atoms with Gasteiger partial charge in [0.1, 0.15) is 0 Å². The average Bonchev–Trinajstić information content (AvgIpc) is 3.13. The number of benzene rings is 2. The largest absolute Gasteiger partial charge is 4.00 e. The van der Waals surface area contributed by atoms with Crippen molar-refractivity contribution in [2.75, 3.05) is 46.9 Å². The maximum Gasteiger partial charge on any atom is 4.00 e. The van der Waals surface area contributed by atoms with Gasteiger partial charge in [0.25, 0.3) is 6.47 Å². The van der Waals surface area contributed by atoms with Crippen molar-refractivity contribution in [1.82, 2.24) is 14.4 Å². The number of amides is 1. The van der Waals surface area contributed by atoms with Gasteiger partial charge < -0.3 is 50.8 Å². The fourth-order valence-electron chi connectivity index (χ4n) is 3.29. The maximum atomic E-state index is 10.0. The first kappa shape index (κ1) is 39.6. The number of halogens is 2. The smallest absolute Gasteiger partial charge is 0.520 e. The van der Waals surface area contributed by atoms with Gasteiger partial charge in [-0.15, -0.1) is 0 Å². The zero-order valence-corrected chi connectivity index (χ0v) is 29.1. The van der Waals surface area contributed by atoms with Crippen molar-refractivity contribution < 1.29 is 50.5 Å². The average molecular weight is 853 g/mol. The molecular formula is C26H37Br2N3O4U. The van der Waals surface area contributed by atoms with E-state index >= 15 is 0 Å². The molecule has 1 aromatic heterocycles. The number of carbonyl (C=O) groups excluding carboxylic acids is 2. The van der Waals surface area contributed by atoms with E-state index in [0.29, 0.717) is 13.0 Å². The first-order chi connectivity index (χ1) is 15.9. The summed E-state index contributed by atoms with van der Waals surface area (Å²) < 4.78 is 8.15. The van der Waals surface area contributed by atoms with Crippen LogP contribution in [0.3, 0.4) is 0 Å². The molecule has 1 aliphatic rings. The summed E-state index contributed by atoms with van der Waals surface area (Å²) in [5.41, 5.74) is 2.31. The molecule has 2 heterocycles. The number of hydrogen-bond acceptors (Lipinski definition) is 5. The molecule has 0 radical (unpaired) electrons. The van der Waals surface area contributed by atoms with E-state index < -0.39 is 0 Å². The standard InChI is InChI=1S/C14H11Br2NO.C6H11N2O.C2H4O2.C2H5.2CH3.U/c15-9-1-3-13-11(7-9)12-8-10(16)2-4-14(12)17(13)5-6-18;1-7-2-4-8(6-9)5-3-7;1-4-2-3;1-2;;;/h1-4,7-8,18H,5-6H2;2-5H2,1H3;2H,1H3;1H2,2H3;2*1H3;/q;-1;;3*-1;+4. The van der Waals surface area contributed by atoms with Crippen molar-refractivity contribution in [3.63, 3.8) is 0 Å². The Morgan fingerprint density at radius 2 is 1.42 bits per heavy atom. The number of ether oxygens (including phenoxy) is 1. The van der Waals surface area contributed by atoms with Crippen molar-refractivity contribution in [1.29, 1.82) is 0 Å². The van der Waals surface area contributed by atoms with Crippen molar-refractivity contribution >= 4 is 66.5 Å². The van der Waals surface area contributed by atoms with Crippen LogP contribution in [0.5, 0.6) is 0 Å². The Balaban J connectivity index is -0.000000517. The molecule has 2 aromatic carbocycles. The van der Waals surface area contributed by atoms with E-state index in [1.54, 1.807) is 11.8 Å². The van der Waals surface area contributed by atoms with Crippen LogP contribution in [0.15, 0.2) is 45.3 Å². The molecule has 0 atom stereocenters. The quantitative estimate of drug-likeness (QED) is 0.291. The number of aliphatic hydroxyl groups is 1. The molecule has 1 amide bonds. The van der Waals surface area contributed by atoms with Crippen molar-refractivity contribution in [3.8, 4) is 0 Å². The molecule has 198 valence electrons. The first-order valence-corrected chi connectivity index (χ1v) is 12.0. The fraction of sp³-hybridized carbons (Fsp3) is 0.346. The number of likely N-dealkylation sites (N-methyl/N-ethyl adjacent to an activating group) is 1. The van der Waals surface area contributed by atoms with E-state index in [4.69, 9.17) is 4.79 Å². The molecule has 1 aliphatic heterocycles. The Kier molecular flexibility index (Phi) is 24.4. The normalized spacial score (nSPS) is 12.0. The number of aliphatic hydroxyl groups excluding tert-OH is 1. The van der Waals surface area contributed by atoms with Crippen LogP contribution in [0.2, 0.25) is 0 Å². The van der Waals surface area contributed by atoms with Crippen LogP contribution < -0.4 is 0 Å². The Hall–Kier alpha value is -0.888. The van der Waals surface area contributed by atoms with E-state index in [1.807, 2.05) is 18.5 Å². The molecule has 0 unspecified atom stereocenters. The van der Waals surface area contributed by atoms with E-state index in [-0.39, 0.29) is 52.6 Å². The van der Waals surface area contributed by atoms with Gasteiger partial charge in [-0.05, 0) is 43.4 Å². The third-order valence-corrected chi connectivity index (χ3v) is 5.83. The monoisotopic (exact) mass is 851 g/mol. The van der Waals surface area contributed by atoms with Crippen molar-refractivity contribution in [2.45, 2.75) is 13.5 Å². The number of hydrogen-bond donors (Lipinski definition) is 1. The van der Waals surface area contributed by atoms with E-state index in [2.05, 4.69) is 84.3 Å². The van der Waals surface area contributed by atoms with Crippen molar-refractivity contribution in [2.24, 2.45) is 0 Å². The van der Waals surface area contributed by atoms with Crippen LogP contribution in [-0.4, -0.2) is 79.3 Å². The van der Waals surface area contributed by atoms with Crippen molar-refractivity contribution in [3.05, 3.63) is 67.1 Å².